The molecule has 17 heavy (non-hydrogen) atoms. The van der Waals surface area contributed by atoms with Gasteiger partial charge in [-0.05, 0) is 25.0 Å². The van der Waals surface area contributed by atoms with Crippen molar-refractivity contribution in [3.63, 3.8) is 0 Å². The zero-order valence-electron chi connectivity index (χ0n) is 9.31. The highest BCUT2D eigenvalue weighted by Crippen LogP contribution is 2.20. The maximum absolute atomic E-state index is 13.6. The summed E-state index contributed by atoms with van der Waals surface area (Å²) in [6, 6.07) is 6.33. The number of hydrogen-bond acceptors (Lipinski definition) is 3. The molecule has 0 aliphatic carbocycles. The standard InChI is InChI=1S/C12H14FN3O/c13-10-5-1-2-6-11(10)16-12(14)9(8-15-16)4-3-7-17/h1-2,5-6,8,17H,3-4,7,14H2. The Kier molecular flexibility index (Phi) is 3.39. The number of aliphatic hydroxyl groups excluding tert-OH is 1. The number of para-hydroxylation sites is 1. The van der Waals surface area contributed by atoms with E-state index in [1.165, 1.54) is 10.7 Å². The maximum atomic E-state index is 13.6. The molecule has 0 amide bonds. The van der Waals surface area contributed by atoms with Crippen LogP contribution in [-0.4, -0.2) is 21.5 Å². The predicted molar refractivity (Wildman–Crippen MR) is 63.3 cm³/mol. The molecule has 0 spiro atoms. The second-order valence-electron chi connectivity index (χ2n) is 3.75. The first-order chi connectivity index (χ1) is 8.24. The van der Waals surface area contributed by atoms with Gasteiger partial charge in [0.15, 0.2) is 0 Å². The molecule has 1 aromatic heterocycles. The number of nitrogens with two attached hydrogens (primary N) is 1. The van der Waals surface area contributed by atoms with Crippen molar-refractivity contribution in [1.29, 1.82) is 0 Å². The molecular formula is C12H14FN3O. The molecule has 4 nitrogen and oxygen atoms in total. The zero-order valence-corrected chi connectivity index (χ0v) is 9.31. The van der Waals surface area contributed by atoms with Crippen molar-refractivity contribution in [3.8, 4) is 5.69 Å². The smallest absolute Gasteiger partial charge is 0.148 e. The summed E-state index contributed by atoms with van der Waals surface area (Å²) >= 11 is 0. The van der Waals surface area contributed by atoms with Gasteiger partial charge >= 0.3 is 0 Å². The zero-order chi connectivity index (χ0) is 12.3. The van der Waals surface area contributed by atoms with E-state index in [1.807, 2.05) is 0 Å². The number of rotatable bonds is 4. The van der Waals surface area contributed by atoms with Gasteiger partial charge in [0.25, 0.3) is 0 Å². The van der Waals surface area contributed by atoms with Gasteiger partial charge < -0.3 is 10.8 Å². The van der Waals surface area contributed by atoms with Gasteiger partial charge in [-0.2, -0.15) is 5.10 Å². The molecule has 0 saturated heterocycles. The van der Waals surface area contributed by atoms with Crippen LogP contribution in [0.2, 0.25) is 0 Å². The third-order valence-electron chi connectivity index (χ3n) is 2.57. The van der Waals surface area contributed by atoms with Crippen molar-refractivity contribution in [2.24, 2.45) is 0 Å². The highest BCUT2D eigenvalue weighted by molar-refractivity contribution is 5.47. The number of hydrogen-bond donors (Lipinski definition) is 2. The van der Waals surface area contributed by atoms with Crippen LogP contribution in [0, 0.1) is 5.82 Å². The minimum Gasteiger partial charge on any atom is -0.396 e. The van der Waals surface area contributed by atoms with Crippen LogP contribution in [0.25, 0.3) is 5.69 Å². The van der Waals surface area contributed by atoms with Crippen LogP contribution in [0.1, 0.15) is 12.0 Å². The SMILES string of the molecule is Nc1c(CCCO)cnn1-c1ccccc1F. The Balaban J connectivity index is 2.34. The molecule has 0 saturated carbocycles. The second-order valence-corrected chi connectivity index (χ2v) is 3.75. The van der Waals surface area contributed by atoms with Gasteiger partial charge in [0.05, 0.1) is 6.20 Å². The summed E-state index contributed by atoms with van der Waals surface area (Å²) in [4.78, 5) is 0. The molecule has 2 aromatic rings. The molecule has 0 atom stereocenters. The maximum Gasteiger partial charge on any atom is 0.148 e. The Hall–Kier alpha value is -1.88. The Morgan fingerprint density at radius 2 is 2.12 bits per heavy atom. The summed E-state index contributed by atoms with van der Waals surface area (Å²) in [6.07, 6.45) is 2.86. The van der Waals surface area contributed by atoms with Crippen molar-refractivity contribution in [2.45, 2.75) is 12.8 Å². The largest absolute Gasteiger partial charge is 0.396 e. The van der Waals surface area contributed by atoms with E-state index in [0.717, 1.165) is 5.56 Å². The summed E-state index contributed by atoms with van der Waals surface area (Å²) in [7, 11) is 0. The summed E-state index contributed by atoms with van der Waals surface area (Å²) in [5.74, 6) is 0.0551. The minimum atomic E-state index is -0.365. The molecule has 90 valence electrons. The van der Waals surface area contributed by atoms with Crippen LogP contribution >= 0.6 is 0 Å². The average molecular weight is 235 g/mol. The number of aromatic nitrogens is 2. The second kappa shape index (κ2) is 4.97. The predicted octanol–water partition coefficient (Wildman–Crippen LogP) is 1.52. The van der Waals surface area contributed by atoms with Crippen molar-refractivity contribution in [2.75, 3.05) is 12.3 Å². The van der Waals surface area contributed by atoms with E-state index in [4.69, 9.17) is 10.8 Å². The molecule has 5 heteroatoms. The van der Waals surface area contributed by atoms with E-state index in [9.17, 15) is 4.39 Å². The fraction of sp³-hybridized carbons (Fsp3) is 0.250. The Labute approximate surface area is 98.5 Å². The van der Waals surface area contributed by atoms with E-state index in [0.29, 0.717) is 24.3 Å². The number of halogens is 1. The van der Waals surface area contributed by atoms with Crippen molar-refractivity contribution >= 4 is 5.82 Å². The molecule has 1 aromatic carbocycles. The van der Waals surface area contributed by atoms with E-state index in [1.54, 1.807) is 24.4 Å². The van der Waals surface area contributed by atoms with Gasteiger partial charge in [0, 0.05) is 12.2 Å². The van der Waals surface area contributed by atoms with E-state index < -0.39 is 0 Å². The van der Waals surface area contributed by atoms with Crippen LogP contribution < -0.4 is 5.73 Å². The molecular weight excluding hydrogens is 221 g/mol. The molecule has 0 aliphatic heterocycles. The number of nitrogens with zero attached hydrogens (tertiary/aromatic N) is 2. The quantitative estimate of drug-likeness (QED) is 0.844. The average Bonchev–Trinajstić information content (AvgIpc) is 2.69. The Bertz CT molecular complexity index is 510. The van der Waals surface area contributed by atoms with Gasteiger partial charge in [-0.3, -0.25) is 0 Å². The Morgan fingerprint density at radius 3 is 2.82 bits per heavy atom. The van der Waals surface area contributed by atoms with Crippen LogP contribution in [-0.2, 0) is 6.42 Å². The first kappa shape index (κ1) is 11.6. The van der Waals surface area contributed by atoms with E-state index >= 15 is 0 Å². The fourth-order valence-electron chi connectivity index (χ4n) is 1.67. The normalized spacial score (nSPS) is 10.7. The first-order valence-electron chi connectivity index (χ1n) is 5.42. The minimum absolute atomic E-state index is 0.102. The number of benzene rings is 1. The van der Waals surface area contributed by atoms with Crippen molar-refractivity contribution in [1.82, 2.24) is 9.78 Å². The first-order valence-corrected chi connectivity index (χ1v) is 5.42. The summed E-state index contributed by atoms with van der Waals surface area (Å²) in [5.41, 5.74) is 7.05. The van der Waals surface area contributed by atoms with Crippen LogP contribution in [0.5, 0.6) is 0 Å². The lowest BCUT2D eigenvalue weighted by molar-refractivity contribution is 0.288. The van der Waals surface area contributed by atoms with Crippen LogP contribution in [0.4, 0.5) is 10.2 Å². The third kappa shape index (κ3) is 2.29. The number of aliphatic hydroxyl groups is 1. The van der Waals surface area contributed by atoms with Crippen LogP contribution in [0.15, 0.2) is 30.5 Å². The van der Waals surface area contributed by atoms with Crippen molar-refractivity contribution in [3.05, 3.63) is 41.8 Å². The van der Waals surface area contributed by atoms with Gasteiger partial charge in [-0.1, -0.05) is 12.1 Å². The highest BCUT2D eigenvalue weighted by atomic mass is 19.1. The van der Waals surface area contributed by atoms with E-state index in [2.05, 4.69) is 5.10 Å². The molecule has 0 fully saturated rings. The number of aryl methyl sites for hydroxylation is 1. The molecule has 2 rings (SSSR count). The Morgan fingerprint density at radius 1 is 1.35 bits per heavy atom. The third-order valence-corrected chi connectivity index (χ3v) is 2.57. The van der Waals surface area contributed by atoms with Gasteiger partial charge in [-0.15, -0.1) is 0 Å². The molecule has 0 bridgehead atoms. The van der Waals surface area contributed by atoms with Crippen molar-refractivity contribution < 1.29 is 9.50 Å². The van der Waals surface area contributed by atoms with Gasteiger partial charge in [0.2, 0.25) is 0 Å². The lowest BCUT2D eigenvalue weighted by Gasteiger charge is -2.05. The summed E-state index contributed by atoms with van der Waals surface area (Å²) in [5, 5.41) is 12.8. The molecule has 1 heterocycles. The molecule has 3 N–H and O–H groups in total. The van der Waals surface area contributed by atoms with Crippen LogP contribution in [0.3, 0.4) is 0 Å². The molecule has 0 radical (unpaired) electrons. The number of anilines is 1. The van der Waals surface area contributed by atoms with E-state index in [-0.39, 0.29) is 12.4 Å². The van der Waals surface area contributed by atoms with Gasteiger partial charge in [-0.25, -0.2) is 9.07 Å². The van der Waals surface area contributed by atoms with Gasteiger partial charge in [0.1, 0.15) is 17.3 Å². The molecule has 0 aliphatic rings. The molecule has 0 unspecified atom stereocenters. The monoisotopic (exact) mass is 235 g/mol. The highest BCUT2D eigenvalue weighted by Gasteiger charge is 2.11. The number of nitrogen functional groups attached to an aromatic ring is 1. The summed E-state index contributed by atoms with van der Waals surface area (Å²) in [6.45, 7) is 0.102. The summed E-state index contributed by atoms with van der Waals surface area (Å²) < 4.78 is 14.9. The lowest BCUT2D eigenvalue weighted by atomic mass is 10.2. The topological polar surface area (TPSA) is 64.1 Å². The fourth-order valence-corrected chi connectivity index (χ4v) is 1.67. The lowest BCUT2D eigenvalue weighted by Crippen LogP contribution is -2.05.